The van der Waals surface area contributed by atoms with Gasteiger partial charge in [0, 0.05) is 6.54 Å². The van der Waals surface area contributed by atoms with Gasteiger partial charge >= 0.3 is 0 Å². The molecule has 1 aromatic carbocycles. The Morgan fingerprint density at radius 3 is 2.86 bits per heavy atom. The normalized spacial score (nSPS) is 22.4. The van der Waals surface area contributed by atoms with Crippen LogP contribution in [0.4, 0.5) is 0 Å². The lowest BCUT2D eigenvalue weighted by Gasteiger charge is -2.19. The molecule has 1 aromatic rings. The summed E-state index contributed by atoms with van der Waals surface area (Å²) >= 11 is 0. The zero-order valence-electron chi connectivity index (χ0n) is 8.23. The van der Waals surface area contributed by atoms with Gasteiger partial charge in [-0.3, -0.25) is 4.90 Å². The van der Waals surface area contributed by atoms with Crippen molar-refractivity contribution in [2.24, 2.45) is 0 Å². The predicted molar refractivity (Wildman–Crippen MR) is 55.9 cm³/mol. The van der Waals surface area contributed by atoms with Crippen LogP contribution >= 0.6 is 0 Å². The Bertz CT molecular complexity index is 296. The lowest BCUT2D eigenvalue weighted by atomic mass is 10.2. The van der Waals surface area contributed by atoms with Crippen LogP contribution in [0.2, 0.25) is 0 Å². The largest absolute Gasteiger partial charge is 0.302 e. The molecule has 1 unspecified atom stereocenters. The highest BCUT2D eigenvalue weighted by Gasteiger charge is 2.23. The van der Waals surface area contributed by atoms with Gasteiger partial charge in [0.25, 0.3) is 0 Å². The number of aldehydes is 1. The maximum absolute atomic E-state index is 10.8. The Kier molecular flexibility index (Phi) is 2.94. The third-order valence-corrected chi connectivity index (χ3v) is 2.80. The molecule has 14 heavy (non-hydrogen) atoms. The van der Waals surface area contributed by atoms with E-state index in [0.29, 0.717) is 0 Å². The van der Waals surface area contributed by atoms with Crippen LogP contribution in [0.3, 0.4) is 0 Å². The predicted octanol–water partition coefficient (Wildman–Crippen LogP) is 1.85. The summed E-state index contributed by atoms with van der Waals surface area (Å²) in [6.45, 7) is 1.96. The molecule has 0 saturated carbocycles. The van der Waals surface area contributed by atoms with Gasteiger partial charge in [-0.1, -0.05) is 30.3 Å². The van der Waals surface area contributed by atoms with Gasteiger partial charge in [0.15, 0.2) is 0 Å². The molecule has 0 bridgehead atoms. The first-order chi connectivity index (χ1) is 6.90. The fourth-order valence-corrected chi connectivity index (χ4v) is 2.02. The van der Waals surface area contributed by atoms with E-state index in [2.05, 4.69) is 17.0 Å². The van der Waals surface area contributed by atoms with E-state index in [1.807, 2.05) is 18.2 Å². The highest BCUT2D eigenvalue weighted by atomic mass is 16.1. The Labute approximate surface area is 84.5 Å². The Balaban J connectivity index is 2.00. The van der Waals surface area contributed by atoms with Crippen LogP contribution in [-0.4, -0.2) is 23.8 Å². The quantitative estimate of drug-likeness (QED) is 0.676. The van der Waals surface area contributed by atoms with E-state index >= 15 is 0 Å². The molecule has 1 atom stereocenters. The summed E-state index contributed by atoms with van der Waals surface area (Å²) in [5, 5.41) is 0. The zero-order chi connectivity index (χ0) is 9.80. The van der Waals surface area contributed by atoms with Crippen LogP contribution in [0.15, 0.2) is 30.3 Å². The summed E-state index contributed by atoms with van der Waals surface area (Å²) in [6.07, 6.45) is 3.25. The van der Waals surface area contributed by atoms with Gasteiger partial charge in [-0.25, -0.2) is 0 Å². The van der Waals surface area contributed by atoms with Gasteiger partial charge in [-0.2, -0.15) is 0 Å². The second kappa shape index (κ2) is 4.38. The number of carbonyl (C=O) groups is 1. The number of rotatable bonds is 3. The van der Waals surface area contributed by atoms with Crippen molar-refractivity contribution < 1.29 is 4.79 Å². The average molecular weight is 189 g/mol. The molecule has 2 heteroatoms. The van der Waals surface area contributed by atoms with E-state index in [4.69, 9.17) is 0 Å². The number of nitrogens with zero attached hydrogens (tertiary/aromatic N) is 1. The number of hydrogen-bond acceptors (Lipinski definition) is 2. The minimum absolute atomic E-state index is 0.148. The molecule has 0 aromatic heterocycles. The SMILES string of the molecule is O=CC1CCCN1Cc1ccccc1. The van der Waals surface area contributed by atoms with Gasteiger partial charge in [0.05, 0.1) is 6.04 Å². The minimum atomic E-state index is 0.148. The molecule has 1 aliphatic heterocycles. The van der Waals surface area contributed by atoms with Gasteiger partial charge in [-0.05, 0) is 24.9 Å². The van der Waals surface area contributed by atoms with Crippen molar-refractivity contribution in [1.82, 2.24) is 4.90 Å². The molecule has 2 nitrogen and oxygen atoms in total. The smallest absolute Gasteiger partial charge is 0.137 e. The topological polar surface area (TPSA) is 20.3 Å². The number of hydrogen-bond donors (Lipinski definition) is 0. The van der Waals surface area contributed by atoms with Crippen LogP contribution in [0.1, 0.15) is 18.4 Å². The zero-order valence-corrected chi connectivity index (χ0v) is 8.23. The number of benzene rings is 1. The van der Waals surface area contributed by atoms with E-state index in [1.165, 1.54) is 5.56 Å². The van der Waals surface area contributed by atoms with E-state index in [0.717, 1.165) is 32.2 Å². The van der Waals surface area contributed by atoms with E-state index in [-0.39, 0.29) is 6.04 Å². The first kappa shape index (κ1) is 9.41. The fourth-order valence-electron chi connectivity index (χ4n) is 2.02. The van der Waals surface area contributed by atoms with Crippen LogP contribution in [-0.2, 0) is 11.3 Å². The van der Waals surface area contributed by atoms with Gasteiger partial charge in [0.1, 0.15) is 6.29 Å². The molecule has 0 aliphatic carbocycles. The molecule has 74 valence electrons. The Morgan fingerprint density at radius 2 is 2.14 bits per heavy atom. The second-order valence-electron chi connectivity index (χ2n) is 3.80. The lowest BCUT2D eigenvalue weighted by Crippen LogP contribution is -2.29. The average Bonchev–Trinajstić information content (AvgIpc) is 2.67. The summed E-state index contributed by atoms with van der Waals surface area (Å²) in [4.78, 5) is 13.0. The highest BCUT2D eigenvalue weighted by Crippen LogP contribution is 2.18. The summed E-state index contributed by atoms with van der Waals surface area (Å²) in [7, 11) is 0. The number of likely N-dealkylation sites (tertiary alicyclic amines) is 1. The van der Waals surface area contributed by atoms with Crippen LogP contribution in [0, 0.1) is 0 Å². The van der Waals surface area contributed by atoms with Crippen LogP contribution in [0.5, 0.6) is 0 Å². The van der Waals surface area contributed by atoms with Crippen molar-refractivity contribution in [2.45, 2.75) is 25.4 Å². The molecule has 1 heterocycles. The highest BCUT2D eigenvalue weighted by molar-refractivity contribution is 5.58. The molecule has 0 spiro atoms. The van der Waals surface area contributed by atoms with Crippen LogP contribution < -0.4 is 0 Å². The molecule has 1 saturated heterocycles. The Hall–Kier alpha value is -1.15. The first-order valence-corrected chi connectivity index (χ1v) is 5.13. The third-order valence-electron chi connectivity index (χ3n) is 2.80. The maximum atomic E-state index is 10.8. The summed E-state index contributed by atoms with van der Waals surface area (Å²) in [5.74, 6) is 0. The van der Waals surface area contributed by atoms with E-state index in [1.54, 1.807) is 0 Å². The molecule has 2 rings (SSSR count). The van der Waals surface area contributed by atoms with Crippen molar-refractivity contribution in [3.05, 3.63) is 35.9 Å². The van der Waals surface area contributed by atoms with Gasteiger partial charge < -0.3 is 4.79 Å². The molecule has 0 radical (unpaired) electrons. The molecular weight excluding hydrogens is 174 g/mol. The van der Waals surface area contributed by atoms with Crippen molar-refractivity contribution in [2.75, 3.05) is 6.54 Å². The molecule has 1 fully saturated rings. The van der Waals surface area contributed by atoms with E-state index < -0.39 is 0 Å². The van der Waals surface area contributed by atoms with Crippen molar-refractivity contribution >= 4 is 6.29 Å². The Morgan fingerprint density at radius 1 is 1.36 bits per heavy atom. The molecule has 0 N–H and O–H groups in total. The second-order valence-corrected chi connectivity index (χ2v) is 3.80. The molecule has 1 aliphatic rings. The fraction of sp³-hybridized carbons (Fsp3) is 0.417. The first-order valence-electron chi connectivity index (χ1n) is 5.13. The monoisotopic (exact) mass is 189 g/mol. The summed E-state index contributed by atoms with van der Waals surface area (Å²) < 4.78 is 0. The lowest BCUT2D eigenvalue weighted by molar-refractivity contribution is -0.111. The van der Waals surface area contributed by atoms with Crippen molar-refractivity contribution in [3.8, 4) is 0 Å². The van der Waals surface area contributed by atoms with Gasteiger partial charge in [-0.15, -0.1) is 0 Å². The summed E-state index contributed by atoms with van der Waals surface area (Å²) in [5.41, 5.74) is 1.29. The maximum Gasteiger partial charge on any atom is 0.137 e. The third kappa shape index (κ3) is 2.02. The summed E-state index contributed by atoms with van der Waals surface area (Å²) in [6, 6.07) is 10.5. The minimum Gasteiger partial charge on any atom is -0.302 e. The van der Waals surface area contributed by atoms with Crippen molar-refractivity contribution in [3.63, 3.8) is 0 Å². The molecular formula is C12H15NO. The van der Waals surface area contributed by atoms with Crippen molar-refractivity contribution in [1.29, 1.82) is 0 Å². The standard InChI is InChI=1S/C12H15NO/c14-10-12-7-4-8-13(12)9-11-5-2-1-3-6-11/h1-3,5-6,10,12H,4,7-9H2. The number of carbonyl (C=O) groups excluding carboxylic acids is 1. The molecule has 0 amide bonds. The van der Waals surface area contributed by atoms with Crippen LogP contribution in [0.25, 0.3) is 0 Å². The van der Waals surface area contributed by atoms with Gasteiger partial charge in [0.2, 0.25) is 0 Å². The van der Waals surface area contributed by atoms with E-state index in [9.17, 15) is 4.79 Å².